The molecule has 0 aliphatic heterocycles. The first-order valence-electron chi connectivity index (χ1n) is 13.8. The number of carbonyl (C=O) groups is 1. The van der Waals surface area contributed by atoms with Crippen molar-refractivity contribution in [1.29, 1.82) is 0 Å². The fourth-order valence-corrected chi connectivity index (χ4v) is 6.35. The standard InChI is InChI=1S/C31H40NO8P/c1-7-35-24-15-17-26(28(19-24)37-9-3)39-41(34,31(22(6)33)30(32)23-13-11-21(5)12-14-23)40-27-18-16-25(36-8-2)20-29(27)38-10-4/h11-20,30-31H,7-10,32H2,1-6H3. The number of ketones is 1. The summed E-state index contributed by atoms with van der Waals surface area (Å²) < 4.78 is 50.1. The minimum absolute atomic E-state index is 0.116. The molecule has 3 aromatic carbocycles. The molecular formula is C31H40NO8P. The molecule has 0 radical (unpaired) electrons. The van der Waals surface area contributed by atoms with Crippen LogP contribution in [0.4, 0.5) is 0 Å². The topological polar surface area (TPSA) is 116 Å². The summed E-state index contributed by atoms with van der Waals surface area (Å²) in [5.74, 6) is 1.42. The summed E-state index contributed by atoms with van der Waals surface area (Å²) in [5, 5.41) is 0. The van der Waals surface area contributed by atoms with Gasteiger partial charge in [0.25, 0.3) is 0 Å². The minimum atomic E-state index is -4.44. The number of benzene rings is 3. The number of Topliss-reactive ketones (excluding diaryl/α,β-unsaturated/α-hetero) is 1. The van der Waals surface area contributed by atoms with Crippen LogP contribution in [0.3, 0.4) is 0 Å². The van der Waals surface area contributed by atoms with Crippen LogP contribution >= 0.6 is 7.60 Å². The second kappa shape index (κ2) is 14.8. The Morgan fingerprint density at radius 1 is 0.707 bits per heavy atom. The van der Waals surface area contributed by atoms with Gasteiger partial charge in [-0.15, -0.1) is 0 Å². The number of ether oxygens (including phenoxy) is 4. The average molecular weight is 586 g/mol. The van der Waals surface area contributed by atoms with Crippen molar-refractivity contribution in [2.45, 2.75) is 53.2 Å². The molecule has 0 aliphatic carbocycles. The predicted molar refractivity (Wildman–Crippen MR) is 159 cm³/mol. The maximum atomic E-state index is 15.0. The molecule has 2 unspecified atom stereocenters. The molecule has 41 heavy (non-hydrogen) atoms. The van der Waals surface area contributed by atoms with Gasteiger partial charge in [-0.2, -0.15) is 0 Å². The zero-order valence-electron chi connectivity index (χ0n) is 24.5. The third kappa shape index (κ3) is 8.18. The molecule has 3 aromatic rings. The van der Waals surface area contributed by atoms with E-state index in [4.69, 9.17) is 33.7 Å². The normalized spacial score (nSPS) is 12.7. The summed E-state index contributed by atoms with van der Waals surface area (Å²) in [6.07, 6.45) is 0. The molecule has 9 nitrogen and oxygen atoms in total. The molecule has 0 fully saturated rings. The maximum Gasteiger partial charge on any atom is 0.443 e. The average Bonchev–Trinajstić information content (AvgIpc) is 2.92. The highest BCUT2D eigenvalue weighted by molar-refractivity contribution is 7.56. The highest BCUT2D eigenvalue weighted by atomic mass is 31.2. The van der Waals surface area contributed by atoms with Gasteiger partial charge in [-0.05, 0) is 71.4 Å². The Morgan fingerprint density at radius 2 is 1.15 bits per heavy atom. The summed E-state index contributed by atoms with van der Waals surface area (Å²) in [6.45, 7) is 12.1. The van der Waals surface area contributed by atoms with E-state index in [1.165, 1.54) is 6.92 Å². The maximum absolute atomic E-state index is 15.0. The molecule has 0 bridgehead atoms. The van der Waals surface area contributed by atoms with Gasteiger partial charge >= 0.3 is 7.60 Å². The lowest BCUT2D eigenvalue weighted by atomic mass is 10.0. The lowest BCUT2D eigenvalue weighted by Gasteiger charge is -2.30. The molecule has 0 spiro atoms. The Hall–Kier alpha value is -3.68. The van der Waals surface area contributed by atoms with Gasteiger partial charge in [0.05, 0.1) is 32.5 Å². The van der Waals surface area contributed by atoms with Crippen molar-refractivity contribution in [3.63, 3.8) is 0 Å². The lowest BCUT2D eigenvalue weighted by molar-refractivity contribution is -0.117. The summed E-state index contributed by atoms with van der Waals surface area (Å²) in [4.78, 5) is 13.2. The van der Waals surface area contributed by atoms with E-state index in [1.807, 2.05) is 46.8 Å². The Labute approximate surface area is 242 Å². The van der Waals surface area contributed by atoms with Crippen LogP contribution in [-0.4, -0.2) is 37.9 Å². The molecule has 0 aliphatic rings. The summed E-state index contributed by atoms with van der Waals surface area (Å²) in [5.41, 5.74) is 6.90. The van der Waals surface area contributed by atoms with Crippen molar-refractivity contribution in [3.8, 4) is 34.5 Å². The second-order valence-electron chi connectivity index (χ2n) is 9.16. The fourth-order valence-electron chi connectivity index (χ4n) is 4.23. The number of aryl methyl sites for hydroxylation is 1. The lowest BCUT2D eigenvalue weighted by Crippen LogP contribution is -2.35. The van der Waals surface area contributed by atoms with Gasteiger partial charge in [-0.3, -0.25) is 4.79 Å². The zero-order chi connectivity index (χ0) is 30.0. The van der Waals surface area contributed by atoms with Crippen molar-refractivity contribution < 1.29 is 37.4 Å². The van der Waals surface area contributed by atoms with Crippen molar-refractivity contribution in [1.82, 2.24) is 0 Å². The van der Waals surface area contributed by atoms with E-state index < -0.39 is 25.1 Å². The largest absolute Gasteiger partial charge is 0.494 e. The Morgan fingerprint density at radius 3 is 1.54 bits per heavy atom. The molecule has 2 atom stereocenters. The van der Waals surface area contributed by atoms with Crippen molar-refractivity contribution in [3.05, 3.63) is 71.8 Å². The molecular weight excluding hydrogens is 545 g/mol. The molecule has 0 aromatic heterocycles. The molecule has 0 saturated heterocycles. The Balaban J connectivity index is 2.17. The number of carbonyl (C=O) groups excluding carboxylic acids is 1. The van der Waals surface area contributed by atoms with Crippen molar-refractivity contribution in [2.75, 3.05) is 26.4 Å². The van der Waals surface area contributed by atoms with Gasteiger partial charge < -0.3 is 33.7 Å². The highest BCUT2D eigenvalue weighted by Crippen LogP contribution is 2.59. The Kier molecular flexibility index (Phi) is 11.5. The van der Waals surface area contributed by atoms with E-state index in [9.17, 15) is 9.36 Å². The first-order chi connectivity index (χ1) is 19.6. The van der Waals surface area contributed by atoms with Gasteiger partial charge in [0.1, 0.15) is 17.3 Å². The molecule has 10 heteroatoms. The van der Waals surface area contributed by atoms with E-state index in [0.29, 0.717) is 43.5 Å². The van der Waals surface area contributed by atoms with Crippen LogP contribution in [0.25, 0.3) is 0 Å². The second-order valence-corrected chi connectivity index (χ2v) is 11.2. The van der Waals surface area contributed by atoms with Gasteiger partial charge in [0.15, 0.2) is 28.7 Å². The smallest absolute Gasteiger partial charge is 0.443 e. The summed E-state index contributed by atoms with van der Waals surface area (Å²) >= 11 is 0. The number of hydrogen-bond acceptors (Lipinski definition) is 9. The van der Waals surface area contributed by atoms with Gasteiger partial charge in [0.2, 0.25) is 0 Å². The monoisotopic (exact) mass is 585 g/mol. The van der Waals surface area contributed by atoms with Gasteiger partial charge in [0, 0.05) is 12.1 Å². The van der Waals surface area contributed by atoms with E-state index in [0.717, 1.165) is 5.56 Å². The van der Waals surface area contributed by atoms with Crippen LogP contribution in [0.1, 0.15) is 51.8 Å². The summed E-state index contributed by atoms with van der Waals surface area (Å²) in [7, 11) is -4.44. The van der Waals surface area contributed by atoms with Crippen LogP contribution in [0.15, 0.2) is 60.7 Å². The molecule has 0 saturated carbocycles. The van der Waals surface area contributed by atoms with Crippen molar-refractivity contribution in [2.24, 2.45) is 5.73 Å². The fraction of sp³-hybridized carbons (Fsp3) is 0.387. The quantitative estimate of drug-likeness (QED) is 0.179. The highest BCUT2D eigenvalue weighted by Gasteiger charge is 2.48. The third-order valence-electron chi connectivity index (χ3n) is 6.06. The van der Waals surface area contributed by atoms with Gasteiger partial charge in [-0.1, -0.05) is 29.8 Å². The van der Waals surface area contributed by atoms with E-state index in [-0.39, 0.29) is 23.0 Å². The van der Waals surface area contributed by atoms with E-state index in [2.05, 4.69) is 0 Å². The van der Waals surface area contributed by atoms with Crippen molar-refractivity contribution >= 4 is 13.4 Å². The molecule has 0 heterocycles. The first kappa shape index (κ1) is 31.8. The van der Waals surface area contributed by atoms with E-state index >= 15 is 0 Å². The Bertz CT molecular complexity index is 1280. The van der Waals surface area contributed by atoms with Crippen LogP contribution < -0.4 is 33.7 Å². The number of nitrogens with two attached hydrogens (primary N) is 1. The van der Waals surface area contributed by atoms with Crippen LogP contribution in [0.5, 0.6) is 34.5 Å². The van der Waals surface area contributed by atoms with Crippen LogP contribution in [-0.2, 0) is 9.36 Å². The number of hydrogen-bond donors (Lipinski definition) is 1. The predicted octanol–water partition coefficient (Wildman–Crippen LogP) is 6.90. The minimum Gasteiger partial charge on any atom is -0.494 e. The number of rotatable bonds is 16. The molecule has 0 amide bonds. The molecule has 3 rings (SSSR count). The van der Waals surface area contributed by atoms with Crippen LogP contribution in [0.2, 0.25) is 0 Å². The summed E-state index contributed by atoms with van der Waals surface area (Å²) in [6, 6.07) is 16.1. The molecule has 2 N–H and O–H groups in total. The van der Waals surface area contributed by atoms with E-state index in [1.54, 1.807) is 48.5 Å². The molecule has 222 valence electrons. The third-order valence-corrected chi connectivity index (χ3v) is 8.33. The SMILES string of the molecule is CCOc1ccc(OP(=O)(Oc2ccc(OCC)cc2OCC)C(C(C)=O)C(N)c2ccc(C)cc2)c(OCC)c1. The van der Waals surface area contributed by atoms with Gasteiger partial charge in [-0.25, -0.2) is 4.57 Å². The zero-order valence-corrected chi connectivity index (χ0v) is 25.4. The first-order valence-corrected chi connectivity index (χ1v) is 15.4. The van der Waals surface area contributed by atoms with Crippen LogP contribution in [0, 0.1) is 6.92 Å².